The molecule has 3 heterocycles. The molecule has 3 rings (SSSR count). The number of aromatic nitrogens is 5. The van der Waals surface area contributed by atoms with E-state index in [-0.39, 0.29) is 35.2 Å². The number of hydrogen-bond donors (Lipinski definition) is 3. The van der Waals surface area contributed by atoms with Crippen molar-refractivity contribution in [3.63, 3.8) is 0 Å². The van der Waals surface area contributed by atoms with Gasteiger partial charge in [-0.25, -0.2) is 19.7 Å². The molecule has 0 aliphatic carbocycles. The average Bonchev–Trinajstić information content (AvgIpc) is 2.87. The molecule has 4 N–H and O–H groups in total. The summed E-state index contributed by atoms with van der Waals surface area (Å²) in [6, 6.07) is 3.36. The van der Waals surface area contributed by atoms with Crippen molar-refractivity contribution in [1.29, 1.82) is 0 Å². The molecule has 0 radical (unpaired) electrons. The predicted molar refractivity (Wildman–Crippen MR) is 129 cm³/mol. The van der Waals surface area contributed by atoms with Crippen molar-refractivity contribution in [3.8, 4) is 11.3 Å². The first kappa shape index (κ1) is 28.0. The maximum Gasteiger partial charge on any atom is 0.451 e. The van der Waals surface area contributed by atoms with Crippen molar-refractivity contribution < 1.29 is 27.5 Å². The smallest absolute Gasteiger partial charge is 0.383 e. The van der Waals surface area contributed by atoms with E-state index in [1.54, 1.807) is 0 Å². The third-order valence-electron chi connectivity index (χ3n) is 5.19. The molecule has 0 saturated carbocycles. The van der Waals surface area contributed by atoms with E-state index in [1.165, 1.54) is 39.3 Å². The Morgan fingerprint density at radius 3 is 2.45 bits per heavy atom. The number of carbonyl (C=O) groups excluding carboxylic acids is 2. The predicted octanol–water partition coefficient (Wildman–Crippen LogP) is 0.655. The monoisotopic (exact) mass is 536 g/mol. The van der Waals surface area contributed by atoms with Crippen LogP contribution in [-0.2, 0) is 34.1 Å². The van der Waals surface area contributed by atoms with Crippen LogP contribution in [0.25, 0.3) is 11.3 Å². The molecule has 0 bridgehead atoms. The van der Waals surface area contributed by atoms with Gasteiger partial charge in [0.1, 0.15) is 30.0 Å². The fraction of sp³-hybridized carbons (Fsp3) is 0.318. The molecule has 0 spiro atoms. The van der Waals surface area contributed by atoms with Gasteiger partial charge in [-0.15, -0.1) is 0 Å². The molecule has 202 valence electrons. The van der Waals surface area contributed by atoms with Crippen LogP contribution < -0.4 is 27.6 Å². The van der Waals surface area contributed by atoms with Crippen molar-refractivity contribution in [3.05, 3.63) is 57.3 Å². The number of halogens is 3. The van der Waals surface area contributed by atoms with Gasteiger partial charge >= 0.3 is 11.9 Å². The largest absolute Gasteiger partial charge is 0.451 e. The summed E-state index contributed by atoms with van der Waals surface area (Å²) >= 11 is 0. The van der Waals surface area contributed by atoms with E-state index >= 15 is 0 Å². The van der Waals surface area contributed by atoms with Gasteiger partial charge in [0.25, 0.3) is 5.56 Å². The molecule has 0 unspecified atom stereocenters. The van der Waals surface area contributed by atoms with Crippen LogP contribution in [0.2, 0.25) is 0 Å². The van der Waals surface area contributed by atoms with Gasteiger partial charge in [0, 0.05) is 32.1 Å². The van der Waals surface area contributed by atoms with E-state index in [1.807, 2.05) is 0 Å². The first-order valence-corrected chi connectivity index (χ1v) is 10.9. The number of hydrogen-bond acceptors (Lipinski definition) is 10. The number of ether oxygens (including phenoxy) is 1. The van der Waals surface area contributed by atoms with Crippen LogP contribution in [-0.4, -0.2) is 55.5 Å². The second-order valence-electron chi connectivity index (χ2n) is 8.02. The van der Waals surface area contributed by atoms with E-state index in [0.29, 0.717) is 4.57 Å². The molecule has 0 aromatic carbocycles. The standard InChI is InChI=1S/C22H23F3N8O5/c1-11(29-16-17(26)32(2)21(37)33(19(16)36)9-13(34)10-38-3)18(35)31-15-6-4-5-14(30-15)12-7-27-20(28-8-12)22(23,24)25/h4-8,11,29H,9-10,26H2,1-3H3,(H,30,31,35)/t11-/m0/s1. The molecule has 3 aromatic rings. The highest BCUT2D eigenvalue weighted by molar-refractivity contribution is 5.96. The molecule has 13 nitrogen and oxygen atoms in total. The van der Waals surface area contributed by atoms with Crippen LogP contribution in [0.15, 0.2) is 40.2 Å². The van der Waals surface area contributed by atoms with Crippen LogP contribution in [0.4, 0.5) is 30.5 Å². The van der Waals surface area contributed by atoms with Crippen LogP contribution in [0.5, 0.6) is 0 Å². The molecule has 3 aromatic heterocycles. The number of methoxy groups -OCH3 is 1. The number of nitrogens with zero attached hydrogens (tertiary/aromatic N) is 5. The zero-order valence-corrected chi connectivity index (χ0v) is 20.4. The highest BCUT2D eigenvalue weighted by atomic mass is 19.4. The van der Waals surface area contributed by atoms with Gasteiger partial charge in [-0.05, 0) is 19.1 Å². The Bertz CT molecular complexity index is 1470. The Labute approximate surface area is 212 Å². The second-order valence-corrected chi connectivity index (χ2v) is 8.02. The fourth-order valence-electron chi connectivity index (χ4n) is 3.23. The minimum atomic E-state index is -4.69. The number of alkyl halides is 3. The summed E-state index contributed by atoms with van der Waals surface area (Å²) in [5, 5.41) is 5.17. The first-order valence-electron chi connectivity index (χ1n) is 10.9. The lowest BCUT2D eigenvalue weighted by Crippen LogP contribution is -2.45. The summed E-state index contributed by atoms with van der Waals surface area (Å²) in [6.07, 6.45) is -2.78. The maximum atomic E-state index is 12.9. The zero-order valence-electron chi connectivity index (χ0n) is 20.4. The molecule has 0 saturated heterocycles. The number of anilines is 3. The average molecular weight is 536 g/mol. The molecule has 16 heteroatoms. The number of nitrogen functional groups attached to an aromatic ring is 1. The van der Waals surface area contributed by atoms with Gasteiger partial charge in [0.15, 0.2) is 5.78 Å². The Morgan fingerprint density at radius 1 is 1.18 bits per heavy atom. The van der Waals surface area contributed by atoms with E-state index in [2.05, 4.69) is 25.6 Å². The van der Waals surface area contributed by atoms with E-state index in [4.69, 9.17) is 10.5 Å². The van der Waals surface area contributed by atoms with Gasteiger partial charge in [-0.1, -0.05) is 6.07 Å². The fourth-order valence-corrected chi connectivity index (χ4v) is 3.23. The van der Waals surface area contributed by atoms with Crippen LogP contribution in [0.1, 0.15) is 12.7 Å². The summed E-state index contributed by atoms with van der Waals surface area (Å²) in [5.41, 5.74) is 4.29. The summed E-state index contributed by atoms with van der Waals surface area (Å²) in [6.45, 7) is 0.540. The number of nitrogens with one attached hydrogen (secondary N) is 2. The molecule has 0 fully saturated rings. The minimum Gasteiger partial charge on any atom is -0.383 e. The third kappa shape index (κ3) is 6.20. The number of ketones is 1. The van der Waals surface area contributed by atoms with Crippen LogP contribution >= 0.6 is 0 Å². The quantitative estimate of drug-likeness (QED) is 0.352. The molecule has 38 heavy (non-hydrogen) atoms. The molecule has 0 aliphatic rings. The van der Waals surface area contributed by atoms with E-state index < -0.39 is 47.5 Å². The number of nitrogens with two attached hydrogens (primary N) is 1. The summed E-state index contributed by atoms with van der Waals surface area (Å²) in [5.74, 6) is -2.69. The SMILES string of the molecule is COCC(=O)Cn1c(=O)c(N[C@@H](C)C(=O)Nc2cccc(-c3cnc(C(F)(F)F)nc3)n2)c(N)n(C)c1=O. The first-order chi connectivity index (χ1) is 17.8. The second kappa shape index (κ2) is 11.2. The topological polar surface area (TPSA) is 176 Å². The number of rotatable bonds is 9. The Kier molecular flexibility index (Phi) is 8.25. The molecule has 1 atom stereocenters. The molecular formula is C22H23F3N8O5. The Balaban J connectivity index is 1.80. The Morgan fingerprint density at radius 2 is 1.84 bits per heavy atom. The highest BCUT2D eigenvalue weighted by Crippen LogP contribution is 2.26. The van der Waals surface area contributed by atoms with Crippen molar-refractivity contribution in [2.24, 2.45) is 7.05 Å². The van der Waals surface area contributed by atoms with E-state index in [9.17, 15) is 32.3 Å². The molecule has 0 aliphatic heterocycles. The van der Waals surface area contributed by atoms with Crippen LogP contribution in [0.3, 0.4) is 0 Å². The summed E-state index contributed by atoms with van der Waals surface area (Å²) < 4.78 is 44.4. The third-order valence-corrected chi connectivity index (χ3v) is 5.19. The lowest BCUT2D eigenvalue weighted by molar-refractivity contribution is -0.145. The van der Waals surface area contributed by atoms with Crippen molar-refractivity contribution >= 4 is 29.0 Å². The van der Waals surface area contributed by atoms with Gasteiger partial charge in [-0.2, -0.15) is 13.2 Å². The Hall–Kier alpha value is -4.60. The summed E-state index contributed by atoms with van der Waals surface area (Å²) in [7, 11) is 2.58. The lowest BCUT2D eigenvalue weighted by atomic mass is 10.2. The van der Waals surface area contributed by atoms with Crippen molar-refractivity contribution in [2.45, 2.75) is 25.7 Å². The number of Topliss-reactive ketones (excluding diaryl/α,β-unsaturated/α-hetero) is 1. The van der Waals surface area contributed by atoms with Gasteiger partial charge in [-0.3, -0.25) is 23.5 Å². The van der Waals surface area contributed by atoms with Crippen molar-refractivity contribution in [1.82, 2.24) is 24.1 Å². The number of carbonyl (C=O) groups is 2. The van der Waals surface area contributed by atoms with Gasteiger partial charge < -0.3 is 21.1 Å². The minimum absolute atomic E-state index is 0.0528. The number of amides is 1. The lowest BCUT2D eigenvalue weighted by Gasteiger charge is -2.18. The highest BCUT2D eigenvalue weighted by Gasteiger charge is 2.34. The summed E-state index contributed by atoms with van der Waals surface area (Å²) in [4.78, 5) is 60.8. The van der Waals surface area contributed by atoms with Gasteiger partial charge in [0.2, 0.25) is 11.7 Å². The van der Waals surface area contributed by atoms with Gasteiger partial charge in [0.05, 0.1) is 12.2 Å². The molecule has 1 amide bonds. The van der Waals surface area contributed by atoms with Crippen molar-refractivity contribution in [2.75, 3.05) is 30.1 Å². The zero-order chi connectivity index (χ0) is 28.2. The van der Waals surface area contributed by atoms with E-state index in [0.717, 1.165) is 17.0 Å². The number of pyridine rings is 1. The molecular weight excluding hydrogens is 513 g/mol. The maximum absolute atomic E-state index is 12.9. The van der Waals surface area contributed by atoms with Crippen LogP contribution in [0, 0.1) is 0 Å². The normalized spacial score (nSPS) is 12.2.